The van der Waals surface area contributed by atoms with E-state index in [2.05, 4.69) is 20.6 Å². The number of nitrogens with zero attached hydrogens (tertiary/aromatic N) is 2. The molecule has 4 aromatic rings. The number of hydrogen-bond donors (Lipinski definition) is 3. The first-order valence-corrected chi connectivity index (χ1v) is 10.2. The zero-order valence-electron chi connectivity index (χ0n) is 17.9. The largest absolute Gasteiger partial charge is 0.416 e. The molecule has 0 fully saturated rings. The first-order chi connectivity index (χ1) is 16.6. The van der Waals surface area contributed by atoms with Crippen LogP contribution in [0.4, 0.5) is 29.1 Å². The molecule has 0 spiro atoms. The smallest absolute Gasteiger partial charge is 0.366 e. The number of benzene rings is 3. The van der Waals surface area contributed by atoms with Crippen molar-refractivity contribution in [3.63, 3.8) is 0 Å². The van der Waals surface area contributed by atoms with Gasteiger partial charge >= 0.3 is 6.18 Å². The number of anilines is 2. The fourth-order valence-corrected chi connectivity index (χ4v) is 3.45. The molecule has 0 saturated carbocycles. The fourth-order valence-electron chi connectivity index (χ4n) is 3.45. The number of alkyl halides is 3. The molecule has 35 heavy (non-hydrogen) atoms. The van der Waals surface area contributed by atoms with Crippen LogP contribution in [-0.2, 0) is 12.7 Å². The second-order valence-corrected chi connectivity index (χ2v) is 7.49. The molecule has 2 amide bonds. The van der Waals surface area contributed by atoms with E-state index in [0.29, 0.717) is 40.5 Å². The number of para-hydroxylation sites is 1. The molecule has 0 aliphatic rings. The summed E-state index contributed by atoms with van der Waals surface area (Å²) in [5.41, 5.74) is 5.14. The highest BCUT2D eigenvalue weighted by atomic mass is 19.4. The normalized spacial score (nSPS) is 11.3. The zero-order chi connectivity index (χ0) is 25.2. The van der Waals surface area contributed by atoms with E-state index in [1.165, 1.54) is 12.4 Å². The molecule has 178 valence electrons. The first-order valence-electron chi connectivity index (χ1n) is 10.2. The van der Waals surface area contributed by atoms with Crippen LogP contribution in [0.1, 0.15) is 31.8 Å². The Labute approximate surface area is 196 Å². The molecule has 0 atom stereocenters. The summed E-state index contributed by atoms with van der Waals surface area (Å²) in [5, 5.41) is 6.11. The van der Waals surface area contributed by atoms with Crippen LogP contribution in [0.15, 0.2) is 67.0 Å². The van der Waals surface area contributed by atoms with Crippen molar-refractivity contribution >= 4 is 34.2 Å². The Morgan fingerprint density at radius 3 is 2.46 bits per heavy atom. The third kappa shape index (κ3) is 5.18. The molecule has 3 aromatic carbocycles. The summed E-state index contributed by atoms with van der Waals surface area (Å²) in [7, 11) is 0. The van der Waals surface area contributed by atoms with E-state index in [1.54, 1.807) is 36.4 Å². The van der Waals surface area contributed by atoms with Gasteiger partial charge < -0.3 is 16.4 Å². The van der Waals surface area contributed by atoms with Gasteiger partial charge in [-0.3, -0.25) is 9.59 Å². The minimum atomic E-state index is -4.71. The summed E-state index contributed by atoms with van der Waals surface area (Å²) in [4.78, 5) is 32.4. The predicted molar refractivity (Wildman–Crippen MR) is 121 cm³/mol. The van der Waals surface area contributed by atoms with Crippen LogP contribution in [0.25, 0.3) is 10.9 Å². The lowest BCUT2D eigenvalue weighted by molar-refractivity contribution is -0.137. The Balaban J connectivity index is 1.52. The molecule has 0 bridgehead atoms. The quantitative estimate of drug-likeness (QED) is 0.343. The van der Waals surface area contributed by atoms with Crippen LogP contribution in [0, 0.1) is 5.82 Å². The Morgan fingerprint density at radius 1 is 0.943 bits per heavy atom. The van der Waals surface area contributed by atoms with Crippen LogP contribution in [0.5, 0.6) is 0 Å². The Kier molecular flexibility index (Phi) is 6.32. The number of primary amides is 1. The number of carbonyl (C=O) groups excluding carboxylic acids is 2. The number of hydrogen-bond acceptors (Lipinski definition) is 5. The minimum absolute atomic E-state index is 0.245. The topological polar surface area (TPSA) is 110 Å². The van der Waals surface area contributed by atoms with Crippen molar-refractivity contribution in [1.29, 1.82) is 0 Å². The molecular formula is C24H17F4N5O2. The van der Waals surface area contributed by atoms with Crippen molar-refractivity contribution in [2.45, 2.75) is 12.7 Å². The summed E-state index contributed by atoms with van der Waals surface area (Å²) in [5.74, 6) is -2.27. The lowest BCUT2D eigenvalue weighted by atomic mass is 10.1. The van der Waals surface area contributed by atoms with Crippen LogP contribution >= 0.6 is 0 Å². The maximum atomic E-state index is 14.0. The first kappa shape index (κ1) is 23.6. The maximum absolute atomic E-state index is 14.0. The van der Waals surface area contributed by atoms with E-state index >= 15 is 0 Å². The molecule has 0 unspecified atom stereocenters. The van der Waals surface area contributed by atoms with Gasteiger partial charge in [0.1, 0.15) is 18.0 Å². The van der Waals surface area contributed by atoms with Gasteiger partial charge in [-0.1, -0.05) is 18.2 Å². The van der Waals surface area contributed by atoms with E-state index in [9.17, 15) is 27.2 Å². The molecule has 0 radical (unpaired) electrons. The standard InChI is InChI=1S/C24H17F4N5O2/c25-19-8-7-14(24(26,27)28)10-18(19)23(35)33-15-4-1-3-13(9-15)11-30-22-17-6-2-5-16(21(29)34)20(17)31-12-32-22/h1-10,12H,11H2,(H2,29,34)(H,33,35)(H,30,31,32). The molecule has 0 aliphatic carbocycles. The fraction of sp³-hybridized carbons (Fsp3) is 0.0833. The summed E-state index contributed by atoms with van der Waals surface area (Å²) >= 11 is 0. The van der Waals surface area contributed by atoms with Gasteiger partial charge in [0.15, 0.2) is 0 Å². The Bertz CT molecular complexity index is 1440. The van der Waals surface area contributed by atoms with Gasteiger partial charge in [-0.2, -0.15) is 13.2 Å². The van der Waals surface area contributed by atoms with Crippen LogP contribution in [0.3, 0.4) is 0 Å². The van der Waals surface area contributed by atoms with Crippen molar-refractivity contribution in [2.75, 3.05) is 10.6 Å². The van der Waals surface area contributed by atoms with Crippen LogP contribution < -0.4 is 16.4 Å². The lowest BCUT2D eigenvalue weighted by Gasteiger charge is -2.12. The van der Waals surface area contributed by atoms with Gasteiger partial charge in [-0.05, 0) is 48.0 Å². The highest BCUT2D eigenvalue weighted by molar-refractivity contribution is 6.07. The molecule has 0 saturated heterocycles. The van der Waals surface area contributed by atoms with Gasteiger partial charge in [0.2, 0.25) is 0 Å². The van der Waals surface area contributed by atoms with E-state index in [4.69, 9.17) is 5.73 Å². The van der Waals surface area contributed by atoms with Crippen molar-refractivity contribution < 1.29 is 27.2 Å². The monoisotopic (exact) mass is 483 g/mol. The third-order valence-electron chi connectivity index (χ3n) is 5.11. The number of aromatic nitrogens is 2. The van der Waals surface area contributed by atoms with Crippen LogP contribution in [0.2, 0.25) is 0 Å². The van der Waals surface area contributed by atoms with Crippen molar-refractivity contribution in [3.8, 4) is 0 Å². The number of carbonyl (C=O) groups is 2. The second-order valence-electron chi connectivity index (χ2n) is 7.49. The summed E-state index contributed by atoms with van der Waals surface area (Å²) in [6, 6.07) is 13.0. The van der Waals surface area contributed by atoms with E-state index in [-0.39, 0.29) is 17.8 Å². The number of nitrogens with two attached hydrogens (primary N) is 1. The van der Waals surface area contributed by atoms with Gasteiger partial charge in [-0.25, -0.2) is 14.4 Å². The predicted octanol–water partition coefficient (Wildman–Crippen LogP) is 4.75. The van der Waals surface area contributed by atoms with E-state index in [1.807, 2.05) is 0 Å². The van der Waals surface area contributed by atoms with Gasteiger partial charge in [-0.15, -0.1) is 0 Å². The van der Waals surface area contributed by atoms with Gasteiger partial charge in [0.05, 0.1) is 22.2 Å². The minimum Gasteiger partial charge on any atom is -0.366 e. The summed E-state index contributed by atoms with van der Waals surface area (Å²) < 4.78 is 52.8. The lowest BCUT2D eigenvalue weighted by Crippen LogP contribution is -2.16. The number of fused-ring (bicyclic) bond motifs is 1. The number of amides is 2. The van der Waals surface area contributed by atoms with Crippen molar-refractivity contribution in [3.05, 3.63) is 95.1 Å². The second kappa shape index (κ2) is 9.37. The molecular weight excluding hydrogens is 466 g/mol. The van der Waals surface area contributed by atoms with Crippen molar-refractivity contribution in [1.82, 2.24) is 9.97 Å². The molecule has 1 heterocycles. The Hall–Kier alpha value is -4.54. The molecule has 11 heteroatoms. The highest BCUT2D eigenvalue weighted by Crippen LogP contribution is 2.30. The molecule has 1 aromatic heterocycles. The average molecular weight is 483 g/mol. The average Bonchev–Trinajstić information content (AvgIpc) is 2.82. The summed E-state index contributed by atoms with van der Waals surface area (Å²) in [6.45, 7) is 0.245. The number of rotatable bonds is 6. The molecule has 4 N–H and O–H groups in total. The Morgan fingerprint density at radius 2 is 1.71 bits per heavy atom. The summed E-state index contributed by atoms with van der Waals surface area (Å²) in [6.07, 6.45) is -3.42. The molecule has 0 aliphatic heterocycles. The zero-order valence-corrected chi connectivity index (χ0v) is 17.9. The van der Waals surface area contributed by atoms with E-state index < -0.39 is 34.9 Å². The van der Waals surface area contributed by atoms with Gasteiger partial charge in [0.25, 0.3) is 11.8 Å². The molecule has 7 nitrogen and oxygen atoms in total. The SMILES string of the molecule is NC(=O)c1cccc2c(NCc3cccc(NC(=O)c4cc(C(F)(F)F)ccc4F)c3)ncnc12. The molecule has 4 rings (SSSR count). The third-order valence-corrected chi connectivity index (χ3v) is 5.11. The number of nitrogens with one attached hydrogen (secondary N) is 2. The van der Waals surface area contributed by atoms with Crippen LogP contribution in [-0.4, -0.2) is 21.8 Å². The van der Waals surface area contributed by atoms with Gasteiger partial charge in [0, 0.05) is 17.6 Å². The number of halogens is 4. The van der Waals surface area contributed by atoms with E-state index in [0.717, 1.165) is 0 Å². The van der Waals surface area contributed by atoms with Crippen molar-refractivity contribution in [2.24, 2.45) is 5.73 Å². The highest BCUT2D eigenvalue weighted by Gasteiger charge is 2.32. The maximum Gasteiger partial charge on any atom is 0.416 e.